The van der Waals surface area contributed by atoms with E-state index in [0.29, 0.717) is 6.04 Å². The first-order valence-electron chi connectivity index (χ1n) is 7.26. The van der Waals surface area contributed by atoms with Gasteiger partial charge in [-0.3, -0.25) is 4.90 Å². The van der Waals surface area contributed by atoms with Crippen molar-refractivity contribution in [2.45, 2.75) is 44.8 Å². The number of hydrogen-bond acceptors (Lipinski definition) is 4. The molecule has 0 aliphatic heterocycles. The lowest BCUT2D eigenvalue weighted by Crippen LogP contribution is -2.43. The fraction of sp³-hybridized carbons (Fsp3) is 0.500. The number of rotatable bonds is 7. The van der Waals surface area contributed by atoms with Gasteiger partial charge < -0.3 is 5.73 Å². The molecule has 0 saturated heterocycles. The van der Waals surface area contributed by atoms with Crippen LogP contribution in [0.1, 0.15) is 36.1 Å². The maximum absolute atomic E-state index is 6.42. The van der Waals surface area contributed by atoms with Crippen LogP contribution in [0.15, 0.2) is 33.4 Å². The molecule has 2 aromatic heterocycles. The Labute approximate surface area is 144 Å². The summed E-state index contributed by atoms with van der Waals surface area (Å²) in [7, 11) is 2.20. The number of hydrogen-bond donors (Lipinski definition) is 1. The summed E-state index contributed by atoms with van der Waals surface area (Å²) in [6.07, 6.45) is 2.06. The fourth-order valence-corrected chi connectivity index (χ4v) is 5.06. The molecule has 2 nitrogen and oxygen atoms in total. The molecule has 0 amide bonds. The third kappa shape index (κ3) is 4.39. The molecule has 0 radical (unpaired) electrons. The lowest BCUT2D eigenvalue weighted by Gasteiger charge is -2.36. The third-order valence-corrected chi connectivity index (χ3v) is 6.63. The standard InChI is InChI=1S/C16H23BrN2S2/c1-4-14(18)16(15-9-12(17)10-21-15)19(3)11(2)8-13-6-5-7-20-13/h5-7,9-11,14,16H,4,8,18H2,1-3H3. The highest BCUT2D eigenvalue weighted by atomic mass is 79.9. The fourth-order valence-electron chi connectivity index (χ4n) is 2.56. The van der Waals surface area contributed by atoms with E-state index in [1.165, 1.54) is 9.75 Å². The summed E-state index contributed by atoms with van der Waals surface area (Å²) in [5, 5.41) is 4.29. The molecule has 0 spiro atoms. The van der Waals surface area contributed by atoms with Crippen molar-refractivity contribution >= 4 is 38.6 Å². The molecular weight excluding hydrogens is 364 g/mol. The molecule has 0 aliphatic carbocycles. The molecule has 3 unspecified atom stereocenters. The van der Waals surface area contributed by atoms with Crippen molar-refractivity contribution < 1.29 is 0 Å². The van der Waals surface area contributed by atoms with Crippen LogP contribution in [0, 0.1) is 0 Å². The van der Waals surface area contributed by atoms with Crippen LogP contribution >= 0.6 is 38.6 Å². The summed E-state index contributed by atoms with van der Waals surface area (Å²) >= 11 is 7.18. The van der Waals surface area contributed by atoms with Crippen molar-refractivity contribution in [2.24, 2.45) is 5.73 Å². The van der Waals surface area contributed by atoms with Gasteiger partial charge in [0, 0.05) is 31.7 Å². The monoisotopic (exact) mass is 386 g/mol. The number of likely N-dealkylation sites (N-methyl/N-ethyl adjacent to an activating group) is 1. The van der Waals surface area contributed by atoms with E-state index in [9.17, 15) is 0 Å². The van der Waals surface area contributed by atoms with Gasteiger partial charge in [0.05, 0.1) is 6.04 Å². The second-order valence-electron chi connectivity index (χ2n) is 5.48. The molecule has 2 aromatic rings. The average Bonchev–Trinajstić information content (AvgIpc) is 3.10. The largest absolute Gasteiger partial charge is 0.326 e. The van der Waals surface area contributed by atoms with Crippen LogP contribution in [-0.2, 0) is 6.42 Å². The van der Waals surface area contributed by atoms with E-state index >= 15 is 0 Å². The van der Waals surface area contributed by atoms with Crippen LogP contribution in [0.4, 0.5) is 0 Å². The Bertz CT molecular complexity index is 538. The van der Waals surface area contributed by atoms with E-state index in [2.05, 4.69) is 70.7 Å². The molecule has 2 N–H and O–H groups in total. The number of nitrogens with zero attached hydrogens (tertiary/aromatic N) is 1. The van der Waals surface area contributed by atoms with Gasteiger partial charge in [-0.15, -0.1) is 22.7 Å². The molecule has 0 saturated carbocycles. The third-order valence-electron chi connectivity index (χ3n) is 3.97. The van der Waals surface area contributed by atoms with E-state index in [1.807, 2.05) is 11.3 Å². The Hall–Kier alpha value is -0.200. The van der Waals surface area contributed by atoms with Crippen molar-refractivity contribution in [1.29, 1.82) is 0 Å². The van der Waals surface area contributed by atoms with Crippen molar-refractivity contribution in [2.75, 3.05) is 7.05 Å². The first kappa shape index (κ1) is 17.2. The summed E-state index contributed by atoms with van der Waals surface area (Å²) in [4.78, 5) is 5.22. The van der Waals surface area contributed by atoms with E-state index in [-0.39, 0.29) is 12.1 Å². The van der Waals surface area contributed by atoms with Gasteiger partial charge in [0.1, 0.15) is 0 Å². The van der Waals surface area contributed by atoms with Gasteiger partial charge in [-0.1, -0.05) is 13.0 Å². The van der Waals surface area contributed by atoms with Crippen LogP contribution in [0.2, 0.25) is 0 Å². The lowest BCUT2D eigenvalue weighted by molar-refractivity contribution is 0.160. The smallest absolute Gasteiger partial charge is 0.0593 e. The minimum absolute atomic E-state index is 0.159. The summed E-state index contributed by atoms with van der Waals surface area (Å²) in [6.45, 7) is 4.45. The first-order valence-corrected chi connectivity index (χ1v) is 9.82. The average molecular weight is 387 g/mol. The van der Waals surface area contributed by atoms with Crippen molar-refractivity contribution in [3.05, 3.63) is 43.2 Å². The second kappa shape index (κ2) is 7.88. The lowest BCUT2D eigenvalue weighted by atomic mass is 10.0. The maximum atomic E-state index is 6.42. The summed E-state index contributed by atoms with van der Waals surface area (Å²) < 4.78 is 1.15. The maximum Gasteiger partial charge on any atom is 0.0593 e. The van der Waals surface area contributed by atoms with E-state index < -0.39 is 0 Å². The van der Waals surface area contributed by atoms with Crippen molar-refractivity contribution in [3.63, 3.8) is 0 Å². The van der Waals surface area contributed by atoms with E-state index in [1.54, 1.807) is 11.3 Å². The van der Waals surface area contributed by atoms with Gasteiger partial charge in [-0.25, -0.2) is 0 Å². The Morgan fingerprint density at radius 3 is 2.67 bits per heavy atom. The summed E-state index contributed by atoms with van der Waals surface area (Å²) in [5.41, 5.74) is 6.42. The minimum atomic E-state index is 0.159. The topological polar surface area (TPSA) is 29.3 Å². The molecule has 3 atom stereocenters. The van der Waals surface area contributed by atoms with E-state index in [4.69, 9.17) is 5.73 Å². The normalized spacial score (nSPS) is 16.1. The van der Waals surface area contributed by atoms with Gasteiger partial charge in [-0.2, -0.15) is 0 Å². The van der Waals surface area contributed by atoms with Crippen LogP contribution in [0.25, 0.3) is 0 Å². The molecule has 21 heavy (non-hydrogen) atoms. The predicted molar refractivity (Wildman–Crippen MR) is 98.3 cm³/mol. The number of halogens is 1. The van der Waals surface area contributed by atoms with Crippen molar-refractivity contribution in [1.82, 2.24) is 4.90 Å². The first-order chi connectivity index (χ1) is 10.0. The predicted octanol–water partition coefficient (Wildman–Crippen LogP) is 4.91. The molecular formula is C16H23BrN2S2. The quantitative estimate of drug-likeness (QED) is 0.731. The summed E-state index contributed by atoms with van der Waals surface area (Å²) in [5.74, 6) is 0. The SMILES string of the molecule is CCC(N)C(c1cc(Br)cs1)N(C)C(C)Cc1cccs1. The second-order valence-corrected chi connectivity index (χ2v) is 8.37. The highest BCUT2D eigenvalue weighted by Gasteiger charge is 2.27. The Morgan fingerprint density at radius 2 is 2.14 bits per heavy atom. The minimum Gasteiger partial charge on any atom is -0.326 e. The molecule has 0 fully saturated rings. The Kier molecular flexibility index (Phi) is 6.44. The molecule has 116 valence electrons. The van der Waals surface area contributed by atoms with Crippen molar-refractivity contribution in [3.8, 4) is 0 Å². The van der Waals surface area contributed by atoms with Gasteiger partial charge in [0.15, 0.2) is 0 Å². The van der Waals surface area contributed by atoms with Gasteiger partial charge >= 0.3 is 0 Å². The highest BCUT2D eigenvalue weighted by molar-refractivity contribution is 9.10. The number of thiophene rings is 2. The van der Waals surface area contributed by atoms with E-state index in [0.717, 1.165) is 17.3 Å². The van der Waals surface area contributed by atoms with Crippen LogP contribution in [-0.4, -0.2) is 24.0 Å². The zero-order valence-electron chi connectivity index (χ0n) is 12.8. The summed E-state index contributed by atoms with van der Waals surface area (Å²) in [6, 6.07) is 7.45. The number of nitrogens with two attached hydrogens (primary N) is 1. The molecule has 5 heteroatoms. The van der Waals surface area contributed by atoms with Gasteiger partial charge in [0.25, 0.3) is 0 Å². The van der Waals surface area contributed by atoms with Crippen LogP contribution in [0.5, 0.6) is 0 Å². The van der Waals surface area contributed by atoms with Crippen LogP contribution < -0.4 is 5.73 Å². The zero-order valence-corrected chi connectivity index (χ0v) is 16.0. The van der Waals surface area contributed by atoms with Gasteiger partial charge in [-0.05, 0) is 60.3 Å². The zero-order chi connectivity index (χ0) is 15.4. The Balaban J connectivity index is 2.15. The molecule has 0 aromatic carbocycles. The molecule has 2 rings (SSSR count). The highest BCUT2D eigenvalue weighted by Crippen LogP contribution is 2.33. The molecule has 2 heterocycles. The van der Waals surface area contributed by atoms with Gasteiger partial charge in [0.2, 0.25) is 0 Å². The molecule has 0 bridgehead atoms. The Morgan fingerprint density at radius 1 is 1.38 bits per heavy atom. The van der Waals surface area contributed by atoms with Crippen LogP contribution in [0.3, 0.4) is 0 Å². The molecule has 0 aliphatic rings.